The standard InChI is InChI=1S/C26H33FN2O2/c27-24-14-12-20(13-15-24)17-21-7-6-16-29(18-21)19-23-10-4-5-11-25(23)28-31-26(30)22-8-2-1-3-9-22/h1-3,8-9,12-15,21,23,25,28H,4-7,10-11,16-19H2/t21-,23-,25+/m0/s1. The number of hydrogen-bond donors (Lipinski definition) is 1. The Labute approximate surface area is 184 Å². The second-order valence-corrected chi connectivity index (χ2v) is 9.12. The molecular weight excluding hydrogens is 391 g/mol. The van der Waals surface area contributed by atoms with E-state index >= 15 is 0 Å². The minimum Gasteiger partial charge on any atom is -0.366 e. The Kier molecular flexibility index (Phi) is 7.71. The van der Waals surface area contributed by atoms with Gasteiger partial charge in [0, 0.05) is 19.1 Å². The Morgan fingerprint density at radius 2 is 1.77 bits per heavy atom. The van der Waals surface area contributed by atoms with E-state index in [0.29, 0.717) is 17.4 Å². The highest BCUT2D eigenvalue weighted by molar-refractivity contribution is 5.89. The van der Waals surface area contributed by atoms with Crippen LogP contribution < -0.4 is 5.48 Å². The van der Waals surface area contributed by atoms with Crippen molar-refractivity contribution in [2.24, 2.45) is 11.8 Å². The van der Waals surface area contributed by atoms with Crippen LogP contribution >= 0.6 is 0 Å². The van der Waals surface area contributed by atoms with Gasteiger partial charge in [-0.2, -0.15) is 0 Å². The maximum atomic E-state index is 13.2. The highest BCUT2D eigenvalue weighted by atomic mass is 19.1. The van der Waals surface area contributed by atoms with Gasteiger partial charge < -0.3 is 9.74 Å². The van der Waals surface area contributed by atoms with Crippen LogP contribution in [0.25, 0.3) is 0 Å². The van der Waals surface area contributed by atoms with Crippen molar-refractivity contribution in [1.29, 1.82) is 0 Å². The quantitative estimate of drug-likeness (QED) is 0.635. The van der Waals surface area contributed by atoms with Crippen molar-refractivity contribution in [2.75, 3.05) is 19.6 Å². The molecule has 1 saturated carbocycles. The zero-order valence-electron chi connectivity index (χ0n) is 18.1. The van der Waals surface area contributed by atoms with Gasteiger partial charge in [0.1, 0.15) is 5.82 Å². The molecule has 1 aliphatic heterocycles. The van der Waals surface area contributed by atoms with Crippen LogP contribution in [0, 0.1) is 17.7 Å². The van der Waals surface area contributed by atoms with Gasteiger partial charge in [-0.25, -0.2) is 9.18 Å². The largest absolute Gasteiger partial charge is 0.366 e. The summed E-state index contributed by atoms with van der Waals surface area (Å²) in [6.07, 6.45) is 8.07. The Balaban J connectivity index is 1.28. The number of benzene rings is 2. The minimum atomic E-state index is -0.317. The van der Waals surface area contributed by atoms with E-state index in [-0.39, 0.29) is 17.8 Å². The van der Waals surface area contributed by atoms with E-state index in [1.54, 1.807) is 24.3 Å². The SMILES string of the molecule is O=C(ON[C@@H]1CCCC[C@H]1CN1CCC[C@@H](Cc2ccc(F)cc2)C1)c1ccccc1. The maximum absolute atomic E-state index is 13.2. The van der Waals surface area contributed by atoms with Crippen molar-refractivity contribution in [2.45, 2.75) is 51.0 Å². The maximum Gasteiger partial charge on any atom is 0.356 e. The number of nitrogens with zero attached hydrogens (tertiary/aromatic N) is 1. The molecule has 0 bridgehead atoms. The second kappa shape index (κ2) is 10.9. The van der Waals surface area contributed by atoms with Crippen molar-refractivity contribution in [1.82, 2.24) is 10.4 Å². The third kappa shape index (κ3) is 6.37. The fourth-order valence-corrected chi connectivity index (χ4v) is 5.11. The normalized spacial score (nSPS) is 24.6. The summed E-state index contributed by atoms with van der Waals surface area (Å²) >= 11 is 0. The topological polar surface area (TPSA) is 41.6 Å². The summed E-state index contributed by atoms with van der Waals surface area (Å²) in [5.74, 6) is 0.618. The van der Waals surface area contributed by atoms with Gasteiger partial charge in [0.05, 0.1) is 5.56 Å². The van der Waals surface area contributed by atoms with Gasteiger partial charge in [-0.05, 0) is 80.3 Å². The summed E-state index contributed by atoms with van der Waals surface area (Å²) in [5.41, 5.74) is 4.90. The predicted molar refractivity (Wildman–Crippen MR) is 120 cm³/mol. The number of rotatable bonds is 7. The van der Waals surface area contributed by atoms with E-state index in [0.717, 1.165) is 32.5 Å². The molecule has 4 nitrogen and oxygen atoms in total. The zero-order valence-corrected chi connectivity index (χ0v) is 18.1. The molecular formula is C26H33FN2O2. The lowest BCUT2D eigenvalue weighted by Gasteiger charge is -2.39. The van der Waals surface area contributed by atoms with Crippen LogP contribution in [-0.4, -0.2) is 36.5 Å². The average Bonchev–Trinajstić information content (AvgIpc) is 2.81. The number of carbonyl (C=O) groups excluding carboxylic acids is 1. The van der Waals surface area contributed by atoms with E-state index in [2.05, 4.69) is 10.4 Å². The molecule has 4 rings (SSSR count). The molecule has 0 radical (unpaired) electrons. The molecule has 1 N–H and O–H groups in total. The fourth-order valence-electron chi connectivity index (χ4n) is 5.11. The molecule has 3 atom stereocenters. The molecule has 2 aromatic carbocycles. The Hall–Kier alpha value is -2.24. The van der Waals surface area contributed by atoms with Gasteiger partial charge in [-0.3, -0.25) is 0 Å². The summed E-state index contributed by atoms with van der Waals surface area (Å²) in [6.45, 7) is 3.26. The van der Waals surface area contributed by atoms with E-state index in [4.69, 9.17) is 4.84 Å². The number of hydrogen-bond acceptors (Lipinski definition) is 4. The lowest BCUT2D eigenvalue weighted by Crippen LogP contribution is -2.47. The van der Waals surface area contributed by atoms with Gasteiger partial charge in [0.25, 0.3) is 0 Å². The molecule has 1 saturated heterocycles. The van der Waals surface area contributed by atoms with Crippen LogP contribution in [0.15, 0.2) is 54.6 Å². The molecule has 2 fully saturated rings. The molecule has 0 spiro atoms. The van der Waals surface area contributed by atoms with E-state index in [1.807, 2.05) is 30.3 Å². The molecule has 31 heavy (non-hydrogen) atoms. The van der Waals surface area contributed by atoms with Crippen molar-refractivity contribution >= 4 is 5.97 Å². The van der Waals surface area contributed by atoms with Gasteiger partial charge in [0.2, 0.25) is 0 Å². The Morgan fingerprint density at radius 1 is 1.00 bits per heavy atom. The van der Waals surface area contributed by atoms with E-state index in [9.17, 15) is 9.18 Å². The highest BCUT2D eigenvalue weighted by Crippen LogP contribution is 2.28. The fraction of sp³-hybridized carbons (Fsp3) is 0.500. The van der Waals surface area contributed by atoms with Gasteiger partial charge in [-0.15, -0.1) is 5.48 Å². The average molecular weight is 425 g/mol. The molecule has 1 aliphatic carbocycles. The summed E-state index contributed by atoms with van der Waals surface area (Å²) in [6, 6.07) is 16.3. The van der Waals surface area contributed by atoms with Gasteiger partial charge >= 0.3 is 5.97 Å². The second-order valence-electron chi connectivity index (χ2n) is 9.12. The summed E-state index contributed by atoms with van der Waals surface area (Å²) < 4.78 is 13.2. The number of piperidine rings is 1. The van der Waals surface area contributed by atoms with Crippen LogP contribution in [0.2, 0.25) is 0 Å². The summed E-state index contributed by atoms with van der Waals surface area (Å²) in [7, 11) is 0. The molecule has 2 aromatic rings. The highest BCUT2D eigenvalue weighted by Gasteiger charge is 2.30. The molecule has 0 unspecified atom stereocenters. The first-order chi connectivity index (χ1) is 15.2. The minimum absolute atomic E-state index is 0.169. The Morgan fingerprint density at radius 3 is 2.58 bits per heavy atom. The Bertz CT molecular complexity index is 827. The number of likely N-dealkylation sites (tertiary alicyclic amines) is 1. The number of nitrogens with one attached hydrogen (secondary N) is 1. The lowest BCUT2D eigenvalue weighted by atomic mass is 9.83. The number of halogens is 1. The van der Waals surface area contributed by atoms with Crippen molar-refractivity contribution in [3.05, 3.63) is 71.5 Å². The van der Waals surface area contributed by atoms with Crippen molar-refractivity contribution in [3.63, 3.8) is 0 Å². The van der Waals surface area contributed by atoms with E-state index in [1.165, 1.54) is 37.7 Å². The summed E-state index contributed by atoms with van der Waals surface area (Å²) in [4.78, 5) is 20.3. The van der Waals surface area contributed by atoms with Crippen LogP contribution in [0.1, 0.15) is 54.4 Å². The third-order valence-corrected chi connectivity index (χ3v) is 6.76. The van der Waals surface area contributed by atoms with Crippen LogP contribution in [0.4, 0.5) is 4.39 Å². The lowest BCUT2D eigenvalue weighted by molar-refractivity contribution is -0.00254. The van der Waals surface area contributed by atoms with Crippen LogP contribution in [0.5, 0.6) is 0 Å². The molecule has 0 aromatic heterocycles. The zero-order chi connectivity index (χ0) is 21.5. The molecule has 1 heterocycles. The van der Waals surface area contributed by atoms with Gasteiger partial charge in [0.15, 0.2) is 0 Å². The van der Waals surface area contributed by atoms with Crippen LogP contribution in [-0.2, 0) is 11.3 Å². The summed E-state index contributed by atoms with van der Waals surface area (Å²) in [5, 5.41) is 0. The van der Waals surface area contributed by atoms with Crippen LogP contribution in [0.3, 0.4) is 0 Å². The molecule has 166 valence electrons. The number of hydroxylamine groups is 1. The first-order valence-electron chi connectivity index (χ1n) is 11.7. The monoisotopic (exact) mass is 424 g/mol. The van der Waals surface area contributed by atoms with Gasteiger partial charge in [-0.1, -0.05) is 43.2 Å². The third-order valence-electron chi connectivity index (χ3n) is 6.76. The predicted octanol–water partition coefficient (Wildman–Crippen LogP) is 5.00. The number of carbonyl (C=O) groups is 1. The smallest absolute Gasteiger partial charge is 0.356 e. The first kappa shape index (κ1) is 22.0. The molecule has 5 heteroatoms. The molecule has 2 aliphatic rings. The van der Waals surface area contributed by atoms with E-state index < -0.39 is 0 Å². The van der Waals surface area contributed by atoms with Crippen molar-refractivity contribution < 1.29 is 14.0 Å². The first-order valence-corrected chi connectivity index (χ1v) is 11.7. The molecule has 0 amide bonds. The van der Waals surface area contributed by atoms with Crippen molar-refractivity contribution in [3.8, 4) is 0 Å².